The van der Waals surface area contributed by atoms with Crippen molar-refractivity contribution in [2.24, 2.45) is 0 Å². The number of amides is 1. The minimum atomic E-state index is -3.79. The molecule has 1 saturated heterocycles. The van der Waals surface area contributed by atoms with Crippen LogP contribution in [0, 0.1) is 0 Å². The number of benzene rings is 3. The Morgan fingerprint density at radius 1 is 1.02 bits per heavy atom. The average molecular weight is 621 g/mol. The van der Waals surface area contributed by atoms with Crippen LogP contribution in [0.15, 0.2) is 71.6 Å². The number of piperazine rings is 1. The fourth-order valence-electron chi connectivity index (χ4n) is 4.46. The molecule has 1 fully saturated rings. The lowest BCUT2D eigenvalue weighted by atomic mass is 10.2. The van der Waals surface area contributed by atoms with Gasteiger partial charge in [-0.3, -0.25) is 14.4 Å². The van der Waals surface area contributed by atoms with E-state index in [1.165, 1.54) is 40.6 Å². The van der Waals surface area contributed by atoms with Gasteiger partial charge >= 0.3 is 0 Å². The Labute approximate surface area is 249 Å². The van der Waals surface area contributed by atoms with Crippen molar-refractivity contribution in [1.29, 1.82) is 0 Å². The standard InChI is InChI=1S/C28H30ClN5O3S2.ClH/c1-2-20-6-11-25-26(18-20)38-28(31-25)34-16-14-33(15-17-34)13-12-30-27(35)21-4-3-5-23(19-21)32-39(36,37)24-9-7-22(29)8-10-24;/h3-11,18-19,32H,2,12-17H2,1H3,(H,30,35);1H. The Kier molecular flexibility index (Phi) is 9.91. The van der Waals surface area contributed by atoms with Crippen molar-refractivity contribution in [3.63, 3.8) is 0 Å². The predicted molar refractivity (Wildman–Crippen MR) is 166 cm³/mol. The normalized spacial score (nSPS) is 14.1. The molecule has 0 saturated carbocycles. The van der Waals surface area contributed by atoms with Crippen molar-refractivity contribution >= 4 is 72.3 Å². The van der Waals surface area contributed by atoms with Crippen LogP contribution in [0.25, 0.3) is 10.2 Å². The summed E-state index contributed by atoms with van der Waals surface area (Å²) in [6.07, 6.45) is 1.02. The lowest BCUT2D eigenvalue weighted by molar-refractivity contribution is 0.0948. The molecular weight excluding hydrogens is 589 g/mol. The highest BCUT2D eigenvalue weighted by Crippen LogP contribution is 2.30. The number of hydrogen-bond donors (Lipinski definition) is 2. The van der Waals surface area contributed by atoms with Crippen molar-refractivity contribution in [2.45, 2.75) is 18.2 Å². The maximum absolute atomic E-state index is 12.7. The van der Waals surface area contributed by atoms with Crippen molar-refractivity contribution < 1.29 is 13.2 Å². The molecule has 2 heterocycles. The number of fused-ring (bicyclic) bond motifs is 1. The number of aromatic nitrogens is 1. The SMILES string of the molecule is CCc1ccc2nc(N3CCN(CCNC(=O)c4cccc(NS(=O)(=O)c5ccc(Cl)cc5)c4)CC3)sc2c1.Cl. The van der Waals surface area contributed by atoms with E-state index in [0.717, 1.165) is 49.8 Å². The number of rotatable bonds is 9. The number of nitrogens with zero attached hydrogens (tertiary/aromatic N) is 3. The van der Waals surface area contributed by atoms with Gasteiger partial charge in [-0.15, -0.1) is 12.4 Å². The van der Waals surface area contributed by atoms with Gasteiger partial charge < -0.3 is 10.2 Å². The zero-order valence-corrected chi connectivity index (χ0v) is 25.2. The summed E-state index contributed by atoms with van der Waals surface area (Å²) in [7, 11) is -3.79. The Balaban J connectivity index is 0.00000370. The summed E-state index contributed by atoms with van der Waals surface area (Å²) < 4.78 is 29.1. The van der Waals surface area contributed by atoms with E-state index in [-0.39, 0.29) is 23.2 Å². The van der Waals surface area contributed by atoms with Gasteiger partial charge in [0.15, 0.2) is 5.13 Å². The fourth-order valence-corrected chi connectivity index (χ4v) is 6.71. The molecule has 12 heteroatoms. The fraction of sp³-hybridized carbons (Fsp3) is 0.286. The van der Waals surface area contributed by atoms with E-state index < -0.39 is 10.0 Å². The monoisotopic (exact) mass is 619 g/mol. The second kappa shape index (κ2) is 13.2. The molecule has 8 nitrogen and oxygen atoms in total. The van der Waals surface area contributed by atoms with Crippen LogP contribution in [0.1, 0.15) is 22.8 Å². The zero-order valence-electron chi connectivity index (χ0n) is 22.0. The molecule has 212 valence electrons. The highest BCUT2D eigenvalue weighted by molar-refractivity contribution is 7.92. The number of anilines is 2. The number of carbonyl (C=O) groups is 1. The molecule has 2 N–H and O–H groups in total. The maximum Gasteiger partial charge on any atom is 0.261 e. The minimum Gasteiger partial charge on any atom is -0.351 e. The van der Waals surface area contributed by atoms with Gasteiger partial charge in [0.25, 0.3) is 15.9 Å². The molecule has 1 aliphatic rings. The summed E-state index contributed by atoms with van der Waals surface area (Å²) >= 11 is 7.60. The summed E-state index contributed by atoms with van der Waals surface area (Å²) in [6.45, 7) is 6.98. The highest BCUT2D eigenvalue weighted by atomic mass is 35.5. The molecule has 0 spiro atoms. The number of halogens is 2. The van der Waals surface area contributed by atoms with Gasteiger partial charge in [-0.2, -0.15) is 0 Å². The van der Waals surface area contributed by atoms with E-state index >= 15 is 0 Å². The van der Waals surface area contributed by atoms with Crippen molar-refractivity contribution in [2.75, 3.05) is 48.9 Å². The van der Waals surface area contributed by atoms with Crippen molar-refractivity contribution in [1.82, 2.24) is 15.2 Å². The van der Waals surface area contributed by atoms with Crippen LogP contribution in [-0.2, 0) is 16.4 Å². The molecule has 3 aromatic carbocycles. The summed E-state index contributed by atoms with van der Waals surface area (Å²) in [4.78, 5) is 22.3. The number of sulfonamides is 1. The first-order valence-electron chi connectivity index (χ1n) is 12.8. The Morgan fingerprint density at radius 3 is 2.50 bits per heavy atom. The van der Waals surface area contributed by atoms with Gasteiger partial charge in [0.2, 0.25) is 0 Å². The molecule has 0 unspecified atom stereocenters. The van der Waals surface area contributed by atoms with E-state index in [9.17, 15) is 13.2 Å². The van der Waals surface area contributed by atoms with Gasteiger partial charge in [0.05, 0.1) is 15.1 Å². The van der Waals surface area contributed by atoms with Gasteiger partial charge in [-0.25, -0.2) is 13.4 Å². The number of carbonyl (C=O) groups excluding carboxylic acids is 1. The molecule has 0 aliphatic carbocycles. The number of thiazole rings is 1. The third-order valence-corrected chi connectivity index (χ3v) is 9.44. The first-order valence-corrected chi connectivity index (χ1v) is 15.5. The summed E-state index contributed by atoms with van der Waals surface area (Å²) in [6, 6.07) is 18.8. The molecule has 0 bridgehead atoms. The summed E-state index contributed by atoms with van der Waals surface area (Å²) in [5.41, 5.74) is 3.09. The largest absolute Gasteiger partial charge is 0.351 e. The first-order chi connectivity index (χ1) is 18.8. The van der Waals surface area contributed by atoms with Crippen LogP contribution >= 0.6 is 35.3 Å². The molecular formula is C28H31Cl2N5O3S2. The Morgan fingerprint density at radius 2 is 1.77 bits per heavy atom. The molecule has 1 amide bonds. The topological polar surface area (TPSA) is 94.6 Å². The Bertz CT molecular complexity index is 1570. The van der Waals surface area contributed by atoms with E-state index in [0.29, 0.717) is 22.8 Å². The van der Waals surface area contributed by atoms with Crippen LogP contribution < -0.4 is 14.9 Å². The first kappa shape index (κ1) is 30.1. The van der Waals surface area contributed by atoms with E-state index in [1.807, 2.05) is 0 Å². The maximum atomic E-state index is 12.7. The lowest BCUT2D eigenvalue weighted by Crippen LogP contribution is -2.48. The molecule has 4 aromatic rings. The van der Waals surface area contributed by atoms with Gasteiger partial charge in [-0.05, 0) is 66.6 Å². The minimum absolute atomic E-state index is 0. The zero-order chi connectivity index (χ0) is 27.4. The molecule has 0 atom stereocenters. The Hall–Kier alpha value is -2.89. The molecule has 1 aliphatic heterocycles. The second-order valence-corrected chi connectivity index (χ2v) is 12.5. The molecule has 5 rings (SSSR count). The molecule has 0 radical (unpaired) electrons. The molecule has 40 heavy (non-hydrogen) atoms. The van der Waals surface area contributed by atoms with Crippen molar-refractivity contribution in [3.8, 4) is 0 Å². The summed E-state index contributed by atoms with van der Waals surface area (Å²) in [5, 5.41) is 4.47. The van der Waals surface area contributed by atoms with Crippen LogP contribution in [-0.4, -0.2) is 63.5 Å². The molecule has 1 aromatic heterocycles. The number of nitrogens with one attached hydrogen (secondary N) is 2. The number of aryl methyl sites for hydroxylation is 1. The van der Waals surface area contributed by atoms with E-state index in [2.05, 4.69) is 45.0 Å². The second-order valence-electron chi connectivity index (χ2n) is 9.38. The predicted octanol–water partition coefficient (Wildman–Crippen LogP) is 5.29. The van der Waals surface area contributed by atoms with Crippen molar-refractivity contribution in [3.05, 3.63) is 82.9 Å². The highest BCUT2D eigenvalue weighted by Gasteiger charge is 2.20. The van der Waals surface area contributed by atoms with E-state index in [4.69, 9.17) is 16.6 Å². The van der Waals surface area contributed by atoms with Crippen LogP contribution in [0.2, 0.25) is 5.02 Å². The number of hydrogen-bond acceptors (Lipinski definition) is 7. The van der Waals surface area contributed by atoms with Gasteiger partial charge in [-0.1, -0.05) is 42.0 Å². The summed E-state index contributed by atoms with van der Waals surface area (Å²) in [5.74, 6) is -0.248. The van der Waals surface area contributed by atoms with Gasteiger partial charge in [0.1, 0.15) is 0 Å². The smallest absolute Gasteiger partial charge is 0.261 e. The van der Waals surface area contributed by atoms with Crippen LogP contribution in [0.3, 0.4) is 0 Å². The lowest BCUT2D eigenvalue weighted by Gasteiger charge is -2.34. The quantitative estimate of drug-likeness (QED) is 0.264. The third-order valence-electron chi connectivity index (χ3n) is 6.71. The van der Waals surface area contributed by atoms with Crippen LogP contribution in [0.4, 0.5) is 10.8 Å². The van der Waals surface area contributed by atoms with Crippen LogP contribution in [0.5, 0.6) is 0 Å². The third kappa shape index (κ3) is 7.24. The van der Waals surface area contributed by atoms with Gasteiger partial charge in [0, 0.05) is 55.5 Å². The van der Waals surface area contributed by atoms with E-state index in [1.54, 1.807) is 29.5 Å². The average Bonchev–Trinajstić information content (AvgIpc) is 3.37.